The number of carbonyl (C=O) groups is 1. The summed E-state index contributed by atoms with van der Waals surface area (Å²) in [6.07, 6.45) is 3.33. The van der Waals surface area contributed by atoms with Gasteiger partial charge in [-0.3, -0.25) is 4.79 Å². The number of carbonyl (C=O) groups excluding carboxylic acids is 1. The lowest BCUT2D eigenvalue weighted by Gasteiger charge is -2.15. The van der Waals surface area contributed by atoms with Crippen LogP contribution in [-0.2, 0) is 11.2 Å². The fourth-order valence-electron chi connectivity index (χ4n) is 3.43. The van der Waals surface area contributed by atoms with E-state index in [0.29, 0.717) is 24.7 Å². The average Bonchev–Trinajstić information content (AvgIpc) is 3.35. The third-order valence-electron chi connectivity index (χ3n) is 5.14. The zero-order chi connectivity index (χ0) is 19.5. The molecule has 1 aliphatic heterocycles. The third-order valence-corrected chi connectivity index (χ3v) is 5.89. The molecule has 1 atom stereocenters. The number of aryl methyl sites for hydroxylation is 1. The van der Waals surface area contributed by atoms with Gasteiger partial charge in [-0.1, -0.05) is 35.0 Å². The lowest BCUT2D eigenvalue weighted by Crippen LogP contribution is -2.27. The van der Waals surface area contributed by atoms with Crippen molar-refractivity contribution in [3.8, 4) is 11.4 Å². The number of likely N-dealkylation sites (tertiary alicyclic amines) is 1. The van der Waals surface area contributed by atoms with E-state index in [1.54, 1.807) is 11.8 Å². The molecule has 6 heteroatoms. The molecule has 1 saturated heterocycles. The molecule has 1 amide bonds. The highest BCUT2D eigenvalue weighted by Gasteiger charge is 2.34. The van der Waals surface area contributed by atoms with E-state index in [1.165, 1.54) is 16.0 Å². The van der Waals surface area contributed by atoms with E-state index in [9.17, 15) is 4.79 Å². The number of aromatic nitrogens is 2. The van der Waals surface area contributed by atoms with Crippen molar-refractivity contribution in [1.29, 1.82) is 0 Å². The third kappa shape index (κ3) is 4.12. The van der Waals surface area contributed by atoms with E-state index < -0.39 is 0 Å². The van der Waals surface area contributed by atoms with Crippen LogP contribution in [0.4, 0.5) is 0 Å². The van der Waals surface area contributed by atoms with Gasteiger partial charge in [0.15, 0.2) is 0 Å². The quantitative estimate of drug-likeness (QED) is 0.584. The number of rotatable bonds is 6. The van der Waals surface area contributed by atoms with Crippen molar-refractivity contribution in [3.05, 3.63) is 65.5 Å². The van der Waals surface area contributed by atoms with Gasteiger partial charge in [-0.2, -0.15) is 4.98 Å². The molecule has 2 aromatic carbocycles. The summed E-state index contributed by atoms with van der Waals surface area (Å²) in [7, 11) is 0. The maximum atomic E-state index is 12.4. The molecule has 5 nitrogen and oxygen atoms in total. The minimum absolute atomic E-state index is 0.0303. The first-order valence-corrected chi connectivity index (χ1v) is 10.7. The van der Waals surface area contributed by atoms with Crippen molar-refractivity contribution < 1.29 is 9.32 Å². The van der Waals surface area contributed by atoms with Crippen LogP contribution < -0.4 is 0 Å². The second-order valence-electron chi connectivity index (χ2n) is 7.16. The highest BCUT2D eigenvalue weighted by atomic mass is 32.2. The Balaban J connectivity index is 1.39. The van der Waals surface area contributed by atoms with Crippen LogP contribution in [0.5, 0.6) is 0 Å². The van der Waals surface area contributed by atoms with Gasteiger partial charge in [0.05, 0.1) is 5.92 Å². The topological polar surface area (TPSA) is 59.2 Å². The Labute approximate surface area is 169 Å². The van der Waals surface area contributed by atoms with Crippen molar-refractivity contribution >= 4 is 17.7 Å². The first-order valence-electron chi connectivity index (χ1n) is 9.44. The van der Waals surface area contributed by atoms with E-state index in [-0.39, 0.29) is 11.8 Å². The molecule has 1 unspecified atom stereocenters. The van der Waals surface area contributed by atoms with E-state index in [1.807, 2.05) is 35.4 Å². The summed E-state index contributed by atoms with van der Waals surface area (Å²) >= 11 is 1.70. The average molecular weight is 394 g/mol. The number of amides is 1. The molecule has 2 heterocycles. The van der Waals surface area contributed by atoms with Gasteiger partial charge in [-0.15, -0.1) is 11.8 Å². The van der Waals surface area contributed by atoms with Crippen LogP contribution in [0, 0.1) is 6.92 Å². The molecule has 4 rings (SSSR count). The zero-order valence-corrected chi connectivity index (χ0v) is 16.9. The Morgan fingerprint density at radius 1 is 1.14 bits per heavy atom. The monoisotopic (exact) mass is 393 g/mol. The maximum absolute atomic E-state index is 12.4. The number of hydrogen-bond acceptors (Lipinski definition) is 5. The first-order chi connectivity index (χ1) is 13.6. The molecule has 0 bridgehead atoms. The van der Waals surface area contributed by atoms with Gasteiger partial charge < -0.3 is 9.42 Å². The summed E-state index contributed by atoms with van der Waals surface area (Å²) < 4.78 is 5.49. The summed E-state index contributed by atoms with van der Waals surface area (Å²) in [5.74, 6) is 1.25. The molecule has 1 fully saturated rings. The van der Waals surface area contributed by atoms with E-state index in [2.05, 4.69) is 41.3 Å². The zero-order valence-electron chi connectivity index (χ0n) is 16.1. The lowest BCUT2D eigenvalue weighted by molar-refractivity contribution is -0.127. The van der Waals surface area contributed by atoms with Crippen LogP contribution in [0.2, 0.25) is 0 Å². The Hall–Kier alpha value is -2.60. The van der Waals surface area contributed by atoms with E-state index in [4.69, 9.17) is 4.52 Å². The molecule has 0 aliphatic carbocycles. The Bertz CT molecular complexity index is 951. The van der Waals surface area contributed by atoms with Gasteiger partial charge in [-0.25, -0.2) is 0 Å². The predicted octanol–water partition coefficient (Wildman–Crippen LogP) is 4.33. The molecule has 0 saturated carbocycles. The molecule has 28 heavy (non-hydrogen) atoms. The Morgan fingerprint density at radius 2 is 1.89 bits per heavy atom. The van der Waals surface area contributed by atoms with Gasteiger partial charge in [-0.05, 0) is 49.4 Å². The Morgan fingerprint density at radius 3 is 2.61 bits per heavy atom. The second-order valence-corrected chi connectivity index (χ2v) is 8.04. The summed E-state index contributed by atoms with van der Waals surface area (Å²) in [6, 6.07) is 16.5. The fourth-order valence-corrected chi connectivity index (χ4v) is 3.84. The molecule has 3 aromatic rings. The highest BCUT2D eigenvalue weighted by Crippen LogP contribution is 2.29. The van der Waals surface area contributed by atoms with Gasteiger partial charge >= 0.3 is 0 Å². The number of nitrogens with zero attached hydrogens (tertiary/aromatic N) is 3. The molecular formula is C22H23N3O2S. The molecule has 0 radical (unpaired) electrons. The molecule has 1 aromatic heterocycles. The maximum Gasteiger partial charge on any atom is 0.232 e. The molecule has 1 aliphatic rings. The van der Waals surface area contributed by atoms with Gasteiger partial charge in [0.25, 0.3) is 0 Å². The van der Waals surface area contributed by atoms with Crippen LogP contribution in [0.25, 0.3) is 11.4 Å². The normalized spacial score (nSPS) is 16.7. The second kappa shape index (κ2) is 8.19. The molecular weight excluding hydrogens is 370 g/mol. The fraction of sp³-hybridized carbons (Fsp3) is 0.318. The summed E-state index contributed by atoms with van der Waals surface area (Å²) in [4.78, 5) is 20.1. The van der Waals surface area contributed by atoms with Crippen molar-refractivity contribution in [2.75, 3.05) is 19.3 Å². The van der Waals surface area contributed by atoms with Gasteiger partial charge in [0.2, 0.25) is 17.6 Å². The first kappa shape index (κ1) is 18.7. The van der Waals surface area contributed by atoms with Crippen LogP contribution in [0.15, 0.2) is 57.9 Å². The minimum atomic E-state index is -0.0303. The largest absolute Gasteiger partial charge is 0.342 e. The van der Waals surface area contributed by atoms with Crippen molar-refractivity contribution in [3.63, 3.8) is 0 Å². The summed E-state index contributed by atoms with van der Waals surface area (Å²) in [5, 5.41) is 4.12. The lowest BCUT2D eigenvalue weighted by atomic mass is 10.1. The highest BCUT2D eigenvalue weighted by molar-refractivity contribution is 7.98. The summed E-state index contributed by atoms with van der Waals surface area (Å²) in [6.45, 7) is 3.43. The van der Waals surface area contributed by atoms with Crippen LogP contribution >= 0.6 is 11.8 Å². The van der Waals surface area contributed by atoms with Crippen molar-refractivity contribution in [2.45, 2.75) is 30.6 Å². The van der Waals surface area contributed by atoms with Crippen LogP contribution in [-0.4, -0.2) is 40.3 Å². The Kier molecular flexibility index (Phi) is 5.48. The predicted molar refractivity (Wildman–Crippen MR) is 110 cm³/mol. The molecule has 144 valence electrons. The minimum Gasteiger partial charge on any atom is -0.342 e. The van der Waals surface area contributed by atoms with E-state index in [0.717, 1.165) is 18.5 Å². The smallest absolute Gasteiger partial charge is 0.232 e. The van der Waals surface area contributed by atoms with Crippen molar-refractivity contribution in [1.82, 2.24) is 15.0 Å². The number of thioether (sulfide) groups is 1. The summed E-state index contributed by atoms with van der Waals surface area (Å²) in [5.41, 5.74) is 3.42. The molecule has 0 N–H and O–H groups in total. The number of hydrogen-bond donors (Lipinski definition) is 0. The van der Waals surface area contributed by atoms with Gasteiger partial charge in [0.1, 0.15) is 0 Å². The number of benzene rings is 2. The SMILES string of the molecule is CSc1ccc(-c2noc(C3CC(=O)N(CCc4ccc(C)cc4)C3)n2)cc1. The van der Waals surface area contributed by atoms with Gasteiger partial charge in [0, 0.05) is 30.0 Å². The van der Waals surface area contributed by atoms with Crippen LogP contribution in [0.3, 0.4) is 0 Å². The van der Waals surface area contributed by atoms with Crippen molar-refractivity contribution in [2.24, 2.45) is 0 Å². The van der Waals surface area contributed by atoms with Crippen LogP contribution in [0.1, 0.15) is 29.4 Å². The standard InChI is InChI=1S/C22H23N3O2S/c1-15-3-5-16(6-4-15)11-12-25-14-18(13-20(25)26)22-23-21(24-27-22)17-7-9-19(28-2)10-8-17/h3-10,18H,11-14H2,1-2H3. The molecule has 0 spiro atoms. The van der Waals surface area contributed by atoms with E-state index >= 15 is 0 Å².